The van der Waals surface area contributed by atoms with Gasteiger partial charge in [0.15, 0.2) is 0 Å². The molecule has 0 saturated carbocycles. The molecule has 6 heteroatoms. The van der Waals surface area contributed by atoms with Crippen LogP contribution in [0.15, 0.2) is 5.38 Å². The summed E-state index contributed by atoms with van der Waals surface area (Å²) >= 11 is 1.79. The van der Waals surface area contributed by atoms with Crippen LogP contribution in [-0.4, -0.2) is 35.1 Å². The third-order valence-corrected chi connectivity index (χ3v) is 4.28. The summed E-state index contributed by atoms with van der Waals surface area (Å²) in [5.74, 6) is 0.551. The van der Waals surface area contributed by atoms with Crippen LogP contribution in [0.2, 0.25) is 0 Å². The van der Waals surface area contributed by atoms with E-state index in [1.807, 2.05) is 0 Å². The molecule has 1 aliphatic rings. The molecule has 1 N–H and O–H groups in total. The molecule has 1 aliphatic heterocycles. The highest BCUT2D eigenvalue weighted by atomic mass is 35.5. The number of halogens is 2. The molecule has 0 spiro atoms. The van der Waals surface area contributed by atoms with Gasteiger partial charge >= 0.3 is 0 Å². The maximum absolute atomic E-state index is 4.71. The Morgan fingerprint density at radius 2 is 1.89 bits per heavy atom. The molecule has 1 aromatic heterocycles. The van der Waals surface area contributed by atoms with E-state index >= 15 is 0 Å². The highest BCUT2D eigenvalue weighted by molar-refractivity contribution is 7.09. The monoisotopic (exact) mass is 325 g/mol. The number of piperazine rings is 1. The van der Waals surface area contributed by atoms with Crippen molar-refractivity contribution >= 4 is 36.2 Å². The first-order chi connectivity index (χ1) is 8.04. The summed E-state index contributed by atoms with van der Waals surface area (Å²) in [4.78, 5) is 7.22. The van der Waals surface area contributed by atoms with Gasteiger partial charge < -0.3 is 5.32 Å². The first-order valence-electron chi connectivity index (χ1n) is 6.47. The normalized spacial score (nSPS) is 23.8. The number of rotatable bonds is 3. The Bertz CT molecular complexity index is 361. The van der Waals surface area contributed by atoms with Gasteiger partial charge in [0.1, 0.15) is 0 Å². The van der Waals surface area contributed by atoms with Gasteiger partial charge in [-0.1, -0.05) is 13.8 Å². The van der Waals surface area contributed by atoms with Crippen molar-refractivity contribution in [1.29, 1.82) is 0 Å². The van der Waals surface area contributed by atoms with Crippen molar-refractivity contribution in [3.63, 3.8) is 0 Å². The van der Waals surface area contributed by atoms with Crippen LogP contribution in [-0.2, 0) is 6.54 Å². The fourth-order valence-electron chi connectivity index (χ4n) is 2.46. The van der Waals surface area contributed by atoms with Crippen LogP contribution in [0.1, 0.15) is 44.3 Å². The number of thiazole rings is 1. The molecular weight excluding hydrogens is 301 g/mol. The number of hydrogen-bond donors (Lipinski definition) is 1. The number of nitrogens with one attached hydrogen (secondary N) is 1. The van der Waals surface area contributed by atoms with Gasteiger partial charge in [-0.15, -0.1) is 36.2 Å². The Kier molecular flexibility index (Phi) is 8.48. The minimum absolute atomic E-state index is 0. The molecule has 3 nitrogen and oxygen atoms in total. The number of hydrogen-bond acceptors (Lipinski definition) is 4. The van der Waals surface area contributed by atoms with Crippen molar-refractivity contribution in [2.24, 2.45) is 0 Å². The third kappa shape index (κ3) is 5.56. The highest BCUT2D eigenvalue weighted by Gasteiger charge is 2.21. The lowest BCUT2D eigenvalue weighted by molar-refractivity contribution is 0.165. The SMILES string of the molecule is CC1CN(Cc2csc(C(C)C)n2)CC(C)N1.Cl.Cl. The maximum atomic E-state index is 4.71. The Labute approximate surface area is 133 Å². The highest BCUT2D eigenvalue weighted by Crippen LogP contribution is 2.20. The molecule has 1 aromatic rings. The van der Waals surface area contributed by atoms with E-state index in [0.717, 1.165) is 19.6 Å². The van der Waals surface area contributed by atoms with E-state index in [9.17, 15) is 0 Å². The lowest BCUT2D eigenvalue weighted by atomic mass is 10.1. The first kappa shape index (κ1) is 19.1. The van der Waals surface area contributed by atoms with Crippen molar-refractivity contribution in [1.82, 2.24) is 15.2 Å². The minimum atomic E-state index is 0. The standard InChI is InChI=1S/C13H23N3S.2ClH/c1-9(2)13-15-12(8-17-13)7-16-5-10(3)14-11(4)6-16;;/h8-11,14H,5-7H2,1-4H3;2*1H. The summed E-state index contributed by atoms with van der Waals surface area (Å²) in [6, 6.07) is 1.17. The van der Waals surface area contributed by atoms with Gasteiger partial charge in [-0.25, -0.2) is 4.98 Å². The lowest BCUT2D eigenvalue weighted by Crippen LogP contribution is -2.53. The zero-order chi connectivity index (χ0) is 12.4. The minimum Gasteiger partial charge on any atom is -0.309 e. The molecule has 0 amide bonds. The van der Waals surface area contributed by atoms with Gasteiger partial charge in [-0.3, -0.25) is 4.90 Å². The van der Waals surface area contributed by atoms with Gasteiger partial charge in [0.2, 0.25) is 0 Å². The Morgan fingerprint density at radius 1 is 1.32 bits per heavy atom. The van der Waals surface area contributed by atoms with Gasteiger partial charge in [0.25, 0.3) is 0 Å². The van der Waals surface area contributed by atoms with Crippen LogP contribution in [0.4, 0.5) is 0 Å². The van der Waals surface area contributed by atoms with E-state index in [4.69, 9.17) is 4.98 Å². The second-order valence-electron chi connectivity index (χ2n) is 5.49. The quantitative estimate of drug-likeness (QED) is 0.924. The van der Waals surface area contributed by atoms with Gasteiger partial charge in [-0.05, 0) is 13.8 Å². The van der Waals surface area contributed by atoms with E-state index in [2.05, 4.69) is 43.3 Å². The average Bonchev–Trinajstić information content (AvgIpc) is 2.64. The van der Waals surface area contributed by atoms with Crippen molar-refractivity contribution in [2.45, 2.75) is 52.2 Å². The van der Waals surface area contributed by atoms with E-state index in [1.54, 1.807) is 11.3 Å². The zero-order valence-electron chi connectivity index (χ0n) is 12.0. The lowest BCUT2D eigenvalue weighted by Gasteiger charge is -2.35. The van der Waals surface area contributed by atoms with Gasteiger partial charge in [0, 0.05) is 43.0 Å². The van der Waals surface area contributed by atoms with Crippen molar-refractivity contribution in [3.05, 3.63) is 16.1 Å². The summed E-state index contributed by atoms with van der Waals surface area (Å²) in [5, 5.41) is 7.03. The van der Waals surface area contributed by atoms with Gasteiger partial charge in [0.05, 0.1) is 10.7 Å². The molecule has 0 aromatic carbocycles. The third-order valence-electron chi connectivity index (χ3n) is 3.08. The van der Waals surface area contributed by atoms with E-state index in [0.29, 0.717) is 18.0 Å². The van der Waals surface area contributed by atoms with Crippen molar-refractivity contribution < 1.29 is 0 Å². The molecule has 2 rings (SSSR count). The Morgan fingerprint density at radius 3 is 2.37 bits per heavy atom. The molecule has 1 saturated heterocycles. The van der Waals surface area contributed by atoms with Gasteiger partial charge in [-0.2, -0.15) is 0 Å². The zero-order valence-corrected chi connectivity index (χ0v) is 14.5. The fourth-order valence-corrected chi connectivity index (χ4v) is 3.29. The molecule has 0 bridgehead atoms. The number of nitrogens with zero attached hydrogens (tertiary/aromatic N) is 2. The molecule has 0 aliphatic carbocycles. The molecule has 112 valence electrons. The summed E-state index contributed by atoms with van der Waals surface area (Å²) in [6.07, 6.45) is 0. The second-order valence-corrected chi connectivity index (χ2v) is 6.38. The molecule has 2 unspecified atom stereocenters. The van der Waals surface area contributed by atoms with Crippen LogP contribution in [0.5, 0.6) is 0 Å². The van der Waals surface area contributed by atoms with E-state index < -0.39 is 0 Å². The van der Waals surface area contributed by atoms with Crippen LogP contribution < -0.4 is 5.32 Å². The largest absolute Gasteiger partial charge is 0.309 e. The van der Waals surface area contributed by atoms with Crippen molar-refractivity contribution in [3.8, 4) is 0 Å². The van der Waals surface area contributed by atoms with Crippen LogP contribution in [0.3, 0.4) is 0 Å². The molecular formula is C13H25Cl2N3S. The summed E-state index contributed by atoms with van der Waals surface area (Å²) in [7, 11) is 0. The maximum Gasteiger partial charge on any atom is 0.0954 e. The first-order valence-corrected chi connectivity index (χ1v) is 7.35. The Hall–Kier alpha value is 0.130. The number of aromatic nitrogens is 1. The molecule has 2 heterocycles. The molecule has 1 fully saturated rings. The fraction of sp³-hybridized carbons (Fsp3) is 0.769. The van der Waals surface area contributed by atoms with Crippen molar-refractivity contribution in [2.75, 3.05) is 13.1 Å². The second kappa shape index (κ2) is 8.42. The predicted molar refractivity (Wildman–Crippen MR) is 88.0 cm³/mol. The predicted octanol–water partition coefficient (Wildman–Crippen LogP) is 3.29. The van der Waals surface area contributed by atoms with E-state index in [1.165, 1.54) is 10.7 Å². The Balaban J connectivity index is 0.00000162. The smallest absolute Gasteiger partial charge is 0.0954 e. The van der Waals surface area contributed by atoms with E-state index in [-0.39, 0.29) is 24.8 Å². The summed E-state index contributed by atoms with van der Waals surface area (Å²) < 4.78 is 0. The summed E-state index contributed by atoms with van der Waals surface area (Å²) in [5.41, 5.74) is 1.24. The van der Waals surface area contributed by atoms with Crippen LogP contribution in [0.25, 0.3) is 0 Å². The topological polar surface area (TPSA) is 28.2 Å². The average molecular weight is 326 g/mol. The molecule has 0 radical (unpaired) electrons. The van der Waals surface area contributed by atoms with Crippen LogP contribution >= 0.6 is 36.2 Å². The van der Waals surface area contributed by atoms with Crippen LogP contribution in [0, 0.1) is 0 Å². The molecule has 19 heavy (non-hydrogen) atoms. The molecule has 2 atom stereocenters. The summed E-state index contributed by atoms with van der Waals surface area (Å²) in [6.45, 7) is 12.2.